The van der Waals surface area contributed by atoms with Crippen LogP contribution in [0.4, 0.5) is 0 Å². The molecule has 0 bridgehead atoms. The zero-order chi connectivity index (χ0) is 26.5. The predicted molar refractivity (Wildman–Crippen MR) is 154 cm³/mol. The summed E-state index contributed by atoms with van der Waals surface area (Å²) in [5, 5.41) is 5.43. The SMILES string of the molecule is COc1nc2ccccc2cc1-c1cc2cc(CN3CCCCC3)ccc2[nH]1.CS(=O)(=O)N1CCNCC1. The molecule has 0 spiro atoms. The first-order valence-electron chi connectivity index (χ1n) is 13.3. The second-order valence-electron chi connectivity index (χ2n) is 10.1. The molecule has 2 aliphatic heterocycles. The van der Waals surface area contributed by atoms with E-state index in [4.69, 9.17) is 4.74 Å². The van der Waals surface area contributed by atoms with E-state index in [1.54, 1.807) is 7.11 Å². The maximum absolute atomic E-state index is 10.9. The third-order valence-corrected chi connectivity index (χ3v) is 8.56. The number of nitrogens with zero attached hydrogens (tertiary/aromatic N) is 3. The number of fused-ring (bicyclic) bond motifs is 2. The molecule has 2 saturated heterocycles. The molecule has 2 fully saturated rings. The summed E-state index contributed by atoms with van der Waals surface area (Å²) < 4.78 is 28.8. The number of hydrogen-bond donors (Lipinski definition) is 2. The van der Waals surface area contributed by atoms with Crippen LogP contribution < -0.4 is 10.1 Å². The summed E-state index contributed by atoms with van der Waals surface area (Å²) in [7, 11) is -1.25. The van der Waals surface area contributed by atoms with E-state index in [0.717, 1.165) is 47.3 Å². The van der Waals surface area contributed by atoms with E-state index in [1.807, 2.05) is 18.2 Å². The van der Waals surface area contributed by atoms with Crippen LogP contribution in [0.5, 0.6) is 5.88 Å². The number of hydrogen-bond acceptors (Lipinski definition) is 6. The van der Waals surface area contributed by atoms with Crippen molar-refractivity contribution in [1.82, 2.24) is 24.5 Å². The van der Waals surface area contributed by atoms with Gasteiger partial charge in [0.15, 0.2) is 0 Å². The van der Waals surface area contributed by atoms with Crippen LogP contribution in [0.25, 0.3) is 33.1 Å². The fraction of sp³-hybridized carbons (Fsp3) is 0.414. The van der Waals surface area contributed by atoms with Crippen molar-refractivity contribution in [2.75, 3.05) is 52.6 Å². The van der Waals surface area contributed by atoms with Gasteiger partial charge in [-0.15, -0.1) is 0 Å². The van der Waals surface area contributed by atoms with Crippen molar-refractivity contribution >= 4 is 31.8 Å². The highest BCUT2D eigenvalue weighted by atomic mass is 32.2. The molecule has 9 heteroatoms. The van der Waals surface area contributed by atoms with Gasteiger partial charge in [-0.25, -0.2) is 13.4 Å². The largest absolute Gasteiger partial charge is 0.480 e. The molecular weight excluding hydrogens is 498 g/mol. The molecule has 4 heterocycles. The molecule has 8 nitrogen and oxygen atoms in total. The Bertz CT molecular complexity index is 1490. The van der Waals surface area contributed by atoms with Crippen LogP contribution in [-0.4, -0.2) is 80.2 Å². The van der Waals surface area contributed by atoms with Gasteiger partial charge in [0.25, 0.3) is 0 Å². The minimum absolute atomic E-state index is 0.610. The van der Waals surface area contributed by atoms with Gasteiger partial charge in [0.05, 0.1) is 30.1 Å². The number of benzene rings is 2. The van der Waals surface area contributed by atoms with E-state index in [0.29, 0.717) is 19.0 Å². The molecule has 4 aromatic rings. The number of H-pyrrole nitrogens is 1. The Hall–Kier alpha value is -2.98. The van der Waals surface area contributed by atoms with Gasteiger partial charge >= 0.3 is 0 Å². The smallest absolute Gasteiger partial charge is 0.223 e. The highest BCUT2D eigenvalue weighted by Gasteiger charge is 2.18. The number of aromatic amines is 1. The van der Waals surface area contributed by atoms with Crippen molar-refractivity contribution in [2.45, 2.75) is 25.8 Å². The molecule has 2 N–H and O–H groups in total. The van der Waals surface area contributed by atoms with Crippen LogP contribution in [0.2, 0.25) is 0 Å². The molecule has 2 aromatic heterocycles. The Balaban J connectivity index is 0.000000249. The van der Waals surface area contributed by atoms with Gasteiger partial charge < -0.3 is 15.0 Å². The molecule has 38 heavy (non-hydrogen) atoms. The first-order valence-corrected chi connectivity index (χ1v) is 15.2. The number of nitrogens with one attached hydrogen (secondary N) is 2. The number of piperazine rings is 1. The number of pyridine rings is 1. The summed E-state index contributed by atoms with van der Waals surface area (Å²) in [6.07, 6.45) is 5.27. The molecule has 2 aromatic carbocycles. The van der Waals surface area contributed by atoms with Gasteiger partial charge in [0.1, 0.15) is 0 Å². The summed E-state index contributed by atoms with van der Waals surface area (Å²) in [6, 6.07) is 19.3. The summed E-state index contributed by atoms with van der Waals surface area (Å²) in [4.78, 5) is 10.8. The van der Waals surface area contributed by atoms with Crippen molar-refractivity contribution < 1.29 is 13.2 Å². The molecule has 0 unspecified atom stereocenters. The van der Waals surface area contributed by atoms with E-state index in [1.165, 1.54) is 53.9 Å². The Morgan fingerprint density at radius 3 is 2.39 bits per heavy atom. The van der Waals surface area contributed by atoms with E-state index in [9.17, 15) is 8.42 Å². The molecule has 2 aliphatic rings. The topological polar surface area (TPSA) is 90.6 Å². The average Bonchev–Trinajstić information content (AvgIpc) is 3.36. The second-order valence-corrected chi connectivity index (χ2v) is 12.1. The number of piperidine rings is 1. The molecule has 0 aliphatic carbocycles. The number of ether oxygens (including phenoxy) is 1. The zero-order valence-electron chi connectivity index (χ0n) is 22.2. The summed E-state index contributed by atoms with van der Waals surface area (Å²) >= 11 is 0. The monoisotopic (exact) mass is 535 g/mol. The fourth-order valence-electron chi connectivity index (χ4n) is 5.22. The van der Waals surface area contributed by atoms with E-state index < -0.39 is 10.0 Å². The number of sulfonamides is 1. The maximum atomic E-state index is 10.9. The molecule has 202 valence electrons. The van der Waals surface area contributed by atoms with Crippen molar-refractivity contribution in [2.24, 2.45) is 0 Å². The van der Waals surface area contributed by atoms with Crippen LogP contribution in [0.3, 0.4) is 0 Å². The van der Waals surface area contributed by atoms with Gasteiger partial charge in [-0.3, -0.25) is 4.90 Å². The highest BCUT2D eigenvalue weighted by Crippen LogP contribution is 2.33. The quantitative estimate of drug-likeness (QED) is 0.398. The lowest BCUT2D eigenvalue weighted by Gasteiger charge is -2.26. The third-order valence-electron chi connectivity index (χ3n) is 7.26. The number of likely N-dealkylation sites (tertiary alicyclic amines) is 1. The van der Waals surface area contributed by atoms with Gasteiger partial charge in [-0.2, -0.15) is 4.31 Å². The first kappa shape index (κ1) is 26.6. The van der Waals surface area contributed by atoms with Crippen molar-refractivity contribution in [3.8, 4) is 17.1 Å². The Morgan fingerprint density at radius 2 is 1.68 bits per heavy atom. The summed E-state index contributed by atoms with van der Waals surface area (Å²) in [5.74, 6) is 0.652. The lowest BCUT2D eigenvalue weighted by molar-refractivity contribution is 0.221. The minimum Gasteiger partial charge on any atom is -0.480 e. The number of methoxy groups -OCH3 is 1. The number of rotatable bonds is 5. The highest BCUT2D eigenvalue weighted by molar-refractivity contribution is 7.88. The van der Waals surface area contributed by atoms with E-state index in [-0.39, 0.29) is 0 Å². The van der Waals surface area contributed by atoms with Gasteiger partial charge in [-0.1, -0.05) is 30.7 Å². The molecule has 6 rings (SSSR count). The fourth-order valence-corrected chi connectivity index (χ4v) is 6.07. The van der Waals surface area contributed by atoms with Crippen LogP contribution >= 0.6 is 0 Å². The van der Waals surface area contributed by atoms with Crippen LogP contribution in [0, 0.1) is 0 Å². The van der Waals surface area contributed by atoms with Crippen LogP contribution in [0.1, 0.15) is 24.8 Å². The standard InChI is InChI=1S/C24H25N3O.C5H12N2O2S/c1-28-24-20(14-18-7-3-4-8-21(18)26-24)23-15-19-13-17(9-10-22(19)25-23)16-27-11-5-2-6-12-27;1-10(8,9)7-4-2-6-3-5-7/h3-4,7-10,13-15,25H,2,5-6,11-12,16H2,1H3;6H,2-5H2,1H3. The normalized spacial score (nSPS) is 17.3. The van der Waals surface area contributed by atoms with Crippen LogP contribution in [0.15, 0.2) is 54.6 Å². The lowest BCUT2D eigenvalue weighted by Crippen LogP contribution is -2.45. The Labute approximate surface area is 225 Å². The van der Waals surface area contributed by atoms with E-state index >= 15 is 0 Å². The van der Waals surface area contributed by atoms with Gasteiger partial charge in [0, 0.05) is 49.0 Å². The Kier molecular flexibility index (Phi) is 8.28. The van der Waals surface area contributed by atoms with Crippen molar-refractivity contribution in [3.05, 3.63) is 60.2 Å². The van der Waals surface area contributed by atoms with Crippen molar-refractivity contribution in [3.63, 3.8) is 0 Å². The first-order chi connectivity index (χ1) is 18.4. The minimum atomic E-state index is -2.93. The predicted octanol–water partition coefficient (Wildman–Crippen LogP) is 4.23. The second kappa shape index (κ2) is 11.8. The van der Waals surface area contributed by atoms with Gasteiger partial charge in [-0.05, 0) is 61.8 Å². The molecule has 0 radical (unpaired) electrons. The zero-order valence-corrected chi connectivity index (χ0v) is 23.1. The summed E-state index contributed by atoms with van der Waals surface area (Å²) in [6.45, 7) is 6.24. The van der Waals surface area contributed by atoms with E-state index in [2.05, 4.69) is 56.6 Å². The van der Waals surface area contributed by atoms with Crippen LogP contribution in [-0.2, 0) is 16.6 Å². The third kappa shape index (κ3) is 6.35. The maximum Gasteiger partial charge on any atom is 0.223 e. The molecular formula is C29H37N5O3S. The molecule has 0 saturated carbocycles. The Morgan fingerprint density at radius 1 is 0.921 bits per heavy atom. The number of para-hydroxylation sites is 1. The molecule has 0 amide bonds. The van der Waals surface area contributed by atoms with Crippen molar-refractivity contribution in [1.29, 1.82) is 0 Å². The average molecular weight is 536 g/mol. The van der Waals surface area contributed by atoms with Gasteiger partial charge in [0.2, 0.25) is 15.9 Å². The summed E-state index contributed by atoms with van der Waals surface area (Å²) in [5.41, 5.74) is 5.51. The number of aromatic nitrogens is 2. The lowest BCUT2D eigenvalue weighted by atomic mass is 10.1. The molecule has 0 atom stereocenters.